The van der Waals surface area contributed by atoms with Gasteiger partial charge < -0.3 is 5.32 Å². The molecule has 0 heterocycles. The van der Waals surface area contributed by atoms with Crippen LogP contribution in [0.3, 0.4) is 0 Å². The summed E-state index contributed by atoms with van der Waals surface area (Å²) in [6.45, 7) is 9.88. The molecule has 0 bridgehead atoms. The molecule has 3 fully saturated rings. The second-order valence-electron chi connectivity index (χ2n) is 10.3. The molecule has 3 aliphatic rings. The number of nitrogens with one attached hydrogen (secondary N) is 1. The van der Waals surface area contributed by atoms with Crippen LogP contribution in [-0.2, 0) is 0 Å². The zero-order chi connectivity index (χ0) is 15.1. The first kappa shape index (κ1) is 15.8. The highest BCUT2D eigenvalue weighted by Crippen LogP contribution is 2.50. The Kier molecular flexibility index (Phi) is 4.19. The van der Waals surface area contributed by atoms with E-state index in [4.69, 9.17) is 0 Å². The van der Waals surface area contributed by atoms with Gasteiger partial charge in [-0.3, -0.25) is 0 Å². The van der Waals surface area contributed by atoms with Crippen molar-refractivity contribution in [3.63, 3.8) is 0 Å². The monoisotopic (exact) mass is 291 g/mol. The van der Waals surface area contributed by atoms with Crippen LogP contribution in [0.5, 0.6) is 0 Å². The predicted octanol–water partition coefficient (Wildman–Crippen LogP) is 5.68. The normalized spacial score (nSPS) is 32.6. The Labute approximate surface area is 132 Å². The molecule has 0 unspecified atom stereocenters. The van der Waals surface area contributed by atoms with Crippen LogP contribution in [0, 0.1) is 16.2 Å². The van der Waals surface area contributed by atoms with Gasteiger partial charge in [0.1, 0.15) is 0 Å². The first-order valence-electron chi connectivity index (χ1n) is 9.54. The van der Waals surface area contributed by atoms with Gasteiger partial charge in [-0.25, -0.2) is 0 Å². The second-order valence-corrected chi connectivity index (χ2v) is 10.3. The van der Waals surface area contributed by atoms with Gasteiger partial charge in [-0.1, -0.05) is 40.5 Å². The van der Waals surface area contributed by atoms with E-state index in [2.05, 4.69) is 33.0 Å². The van der Waals surface area contributed by atoms with Crippen LogP contribution in [0.25, 0.3) is 0 Å². The second kappa shape index (κ2) is 5.55. The first-order valence-corrected chi connectivity index (χ1v) is 9.54. The molecule has 1 N–H and O–H groups in total. The van der Waals surface area contributed by atoms with Crippen molar-refractivity contribution in [3.05, 3.63) is 0 Å². The van der Waals surface area contributed by atoms with Crippen molar-refractivity contribution in [2.24, 2.45) is 16.2 Å². The minimum absolute atomic E-state index is 0.515. The largest absolute Gasteiger partial charge is 0.311 e. The van der Waals surface area contributed by atoms with E-state index in [0.29, 0.717) is 10.8 Å². The summed E-state index contributed by atoms with van der Waals surface area (Å²) in [4.78, 5) is 0. The van der Waals surface area contributed by atoms with Gasteiger partial charge in [0.25, 0.3) is 0 Å². The summed E-state index contributed by atoms with van der Waals surface area (Å²) in [6, 6.07) is 1.57. The van der Waals surface area contributed by atoms with Crippen molar-refractivity contribution in [2.45, 2.75) is 110 Å². The minimum Gasteiger partial charge on any atom is -0.311 e. The smallest absolute Gasteiger partial charge is 0.00798 e. The highest BCUT2D eigenvalue weighted by atomic mass is 15.0. The van der Waals surface area contributed by atoms with Gasteiger partial charge in [0, 0.05) is 12.1 Å². The summed E-state index contributed by atoms with van der Waals surface area (Å²) in [5, 5.41) is 4.08. The lowest BCUT2D eigenvalue weighted by molar-refractivity contribution is 0.0709. The van der Waals surface area contributed by atoms with Crippen molar-refractivity contribution in [1.29, 1.82) is 0 Å². The van der Waals surface area contributed by atoms with Crippen LogP contribution in [0.1, 0.15) is 98.3 Å². The summed E-state index contributed by atoms with van der Waals surface area (Å²) >= 11 is 0. The van der Waals surface area contributed by atoms with Gasteiger partial charge in [-0.15, -0.1) is 0 Å². The van der Waals surface area contributed by atoms with Crippen molar-refractivity contribution in [1.82, 2.24) is 5.32 Å². The van der Waals surface area contributed by atoms with Crippen LogP contribution in [0.4, 0.5) is 0 Å². The average molecular weight is 292 g/mol. The molecule has 0 aliphatic heterocycles. The lowest BCUT2D eigenvalue weighted by Gasteiger charge is -2.47. The van der Waals surface area contributed by atoms with Crippen LogP contribution in [-0.4, -0.2) is 12.1 Å². The Bertz CT molecular complexity index is 336. The first-order chi connectivity index (χ1) is 9.78. The molecule has 3 saturated carbocycles. The summed E-state index contributed by atoms with van der Waals surface area (Å²) in [5.41, 5.74) is 1.81. The molecule has 1 nitrogen and oxygen atoms in total. The Morgan fingerprint density at radius 2 is 1.24 bits per heavy atom. The molecule has 0 saturated heterocycles. The quantitative estimate of drug-likeness (QED) is 0.689. The molecule has 3 aliphatic carbocycles. The zero-order valence-electron chi connectivity index (χ0n) is 14.9. The molecule has 21 heavy (non-hydrogen) atoms. The molecule has 0 radical (unpaired) electrons. The Balaban J connectivity index is 1.53. The molecular weight excluding hydrogens is 254 g/mol. The zero-order valence-corrected chi connectivity index (χ0v) is 14.9. The SMILES string of the molecule is CC1(C)CC(NC2CCC3(CCCC3)CC2)CC(C)(C)C1. The standard InChI is InChI=1S/C20H37N/c1-18(2)13-17(14-19(3,4)15-18)21-16-7-11-20(12-8-16)9-5-6-10-20/h16-17,21H,5-15H2,1-4H3. The lowest BCUT2D eigenvalue weighted by Crippen LogP contribution is -2.49. The predicted molar refractivity (Wildman–Crippen MR) is 91.5 cm³/mol. The highest BCUT2D eigenvalue weighted by Gasteiger charge is 2.41. The van der Waals surface area contributed by atoms with Gasteiger partial charge in [-0.2, -0.15) is 0 Å². The van der Waals surface area contributed by atoms with Crippen molar-refractivity contribution >= 4 is 0 Å². The van der Waals surface area contributed by atoms with E-state index >= 15 is 0 Å². The van der Waals surface area contributed by atoms with E-state index in [1.807, 2.05) is 0 Å². The highest BCUT2D eigenvalue weighted by molar-refractivity contribution is 4.96. The van der Waals surface area contributed by atoms with E-state index in [9.17, 15) is 0 Å². The topological polar surface area (TPSA) is 12.0 Å². The number of hydrogen-bond acceptors (Lipinski definition) is 1. The van der Waals surface area contributed by atoms with Gasteiger partial charge >= 0.3 is 0 Å². The molecule has 0 aromatic heterocycles. The molecule has 1 heteroatoms. The van der Waals surface area contributed by atoms with Gasteiger partial charge in [0.2, 0.25) is 0 Å². The molecule has 0 atom stereocenters. The number of hydrogen-bond donors (Lipinski definition) is 1. The Morgan fingerprint density at radius 1 is 0.714 bits per heavy atom. The fourth-order valence-corrected chi connectivity index (χ4v) is 6.32. The molecule has 1 spiro atoms. The fourth-order valence-electron chi connectivity index (χ4n) is 6.32. The maximum absolute atomic E-state index is 4.08. The summed E-state index contributed by atoms with van der Waals surface area (Å²) < 4.78 is 0. The third-order valence-electron chi connectivity index (χ3n) is 6.74. The lowest BCUT2D eigenvalue weighted by atomic mass is 9.63. The van der Waals surface area contributed by atoms with Crippen molar-refractivity contribution in [3.8, 4) is 0 Å². The molecule has 0 aromatic carbocycles. The third kappa shape index (κ3) is 3.84. The van der Waals surface area contributed by atoms with Crippen LogP contribution >= 0.6 is 0 Å². The maximum Gasteiger partial charge on any atom is 0.00798 e. The van der Waals surface area contributed by atoms with E-state index < -0.39 is 0 Å². The molecule has 0 amide bonds. The molecule has 122 valence electrons. The van der Waals surface area contributed by atoms with E-state index in [-0.39, 0.29) is 0 Å². The van der Waals surface area contributed by atoms with Crippen LogP contribution in [0.2, 0.25) is 0 Å². The molecular formula is C20H37N. The Morgan fingerprint density at radius 3 is 1.76 bits per heavy atom. The maximum atomic E-state index is 4.08. The molecule has 0 aromatic rings. The average Bonchev–Trinajstić information content (AvgIpc) is 2.77. The van der Waals surface area contributed by atoms with Crippen molar-refractivity contribution in [2.75, 3.05) is 0 Å². The summed E-state index contributed by atoms with van der Waals surface area (Å²) in [6.07, 6.45) is 16.1. The minimum atomic E-state index is 0.515. The van der Waals surface area contributed by atoms with Crippen LogP contribution < -0.4 is 5.32 Å². The summed E-state index contributed by atoms with van der Waals surface area (Å²) in [7, 11) is 0. The number of rotatable bonds is 2. The van der Waals surface area contributed by atoms with E-state index in [1.165, 1.54) is 70.6 Å². The fraction of sp³-hybridized carbons (Fsp3) is 1.00. The van der Waals surface area contributed by atoms with Gasteiger partial charge in [-0.05, 0) is 74.0 Å². The van der Waals surface area contributed by atoms with Gasteiger partial charge in [0.05, 0.1) is 0 Å². The third-order valence-corrected chi connectivity index (χ3v) is 6.74. The van der Waals surface area contributed by atoms with E-state index in [0.717, 1.165) is 17.5 Å². The van der Waals surface area contributed by atoms with Crippen molar-refractivity contribution < 1.29 is 0 Å². The van der Waals surface area contributed by atoms with Crippen LogP contribution in [0.15, 0.2) is 0 Å². The van der Waals surface area contributed by atoms with Gasteiger partial charge in [0.15, 0.2) is 0 Å². The molecule has 3 rings (SSSR count). The summed E-state index contributed by atoms with van der Waals surface area (Å²) in [5.74, 6) is 0. The van der Waals surface area contributed by atoms with E-state index in [1.54, 1.807) is 0 Å². The Hall–Kier alpha value is -0.0400.